The molecule has 0 fully saturated rings. The fraction of sp³-hybridized carbons (Fsp3) is 0.361. The molecule has 0 atom stereocenters. The Morgan fingerprint density at radius 2 is 1.49 bits per heavy atom. The summed E-state index contributed by atoms with van der Waals surface area (Å²) in [7, 11) is 0. The molecule has 45 heavy (non-hydrogen) atoms. The fourth-order valence-corrected chi connectivity index (χ4v) is 4.66. The standard InChI is InChI=1S/C36H42BrN3O5/c1-34(2,3)45-31(41)21-36(6,7)44-24-35(4,5)23-43-29-19-17-27(18-20-29)38-33(42)30-22-40(28-11-9-8-10-12-28)39-32(30)25-13-15-26(37)16-14-25/h8-20,22H,21,23-24H2,1-7H3,(H,38,42). The van der Waals surface area contributed by atoms with Gasteiger partial charge in [-0.15, -0.1) is 0 Å². The number of nitrogens with zero attached hydrogens (tertiary/aromatic N) is 2. The largest absolute Gasteiger partial charge is 0.493 e. The Kier molecular flexibility index (Phi) is 10.6. The molecular weight excluding hydrogens is 634 g/mol. The van der Waals surface area contributed by atoms with Crippen molar-refractivity contribution in [1.29, 1.82) is 0 Å². The number of ether oxygens (including phenoxy) is 3. The minimum Gasteiger partial charge on any atom is -0.493 e. The molecule has 0 saturated heterocycles. The normalized spacial score (nSPS) is 12.1. The predicted octanol–water partition coefficient (Wildman–Crippen LogP) is 8.49. The van der Waals surface area contributed by atoms with Crippen LogP contribution < -0.4 is 10.1 Å². The Hall–Kier alpha value is -3.95. The molecule has 8 nitrogen and oxygen atoms in total. The van der Waals surface area contributed by atoms with E-state index >= 15 is 0 Å². The van der Waals surface area contributed by atoms with Crippen molar-refractivity contribution in [2.24, 2.45) is 5.41 Å². The van der Waals surface area contributed by atoms with Gasteiger partial charge in [-0.25, -0.2) is 4.68 Å². The fourth-order valence-electron chi connectivity index (χ4n) is 4.39. The van der Waals surface area contributed by atoms with Gasteiger partial charge in [-0.05, 0) is 83.1 Å². The molecule has 0 aliphatic rings. The second kappa shape index (κ2) is 14.0. The molecule has 1 heterocycles. The number of benzene rings is 3. The Morgan fingerprint density at radius 1 is 0.844 bits per heavy atom. The van der Waals surface area contributed by atoms with E-state index in [4.69, 9.17) is 19.3 Å². The molecule has 1 N–H and O–H groups in total. The lowest BCUT2D eigenvalue weighted by Gasteiger charge is -2.32. The van der Waals surface area contributed by atoms with Gasteiger partial charge < -0.3 is 19.5 Å². The van der Waals surface area contributed by atoms with Crippen LogP contribution in [0.4, 0.5) is 5.69 Å². The summed E-state index contributed by atoms with van der Waals surface area (Å²) in [6.07, 6.45) is 1.91. The minimum atomic E-state index is -0.672. The smallest absolute Gasteiger partial charge is 0.309 e. The van der Waals surface area contributed by atoms with E-state index < -0.39 is 11.2 Å². The Morgan fingerprint density at radius 3 is 2.11 bits per heavy atom. The van der Waals surface area contributed by atoms with Gasteiger partial charge in [0.2, 0.25) is 0 Å². The summed E-state index contributed by atoms with van der Waals surface area (Å²) < 4.78 is 20.3. The average Bonchev–Trinajstić information content (AvgIpc) is 3.41. The lowest BCUT2D eigenvalue weighted by Crippen LogP contribution is -2.37. The van der Waals surface area contributed by atoms with Gasteiger partial charge in [0.15, 0.2) is 0 Å². The van der Waals surface area contributed by atoms with Crippen molar-refractivity contribution < 1.29 is 23.8 Å². The van der Waals surface area contributed by atoms with Crippen LogP contribution in [0.2, 0.25) is 0 Å². The monoisotopic (exact) mass is 675 g/mol. The second-order valence-corrected chi connectivity index (χ2v) is 14.3. The summed E-state index contributed by atoms with van der Waals surface area (Å²) in [6, 6.07) is 24.7. The van der Waals surface area contributed by atoms with Crippen molar-refractivity contribution in [1.82, 2.24) is 9.78 Å². The highest BCUT2D eigenvalue weighted by atomic mass is 79.9. The van der Waals surface area contributed by atoms with Crippen molar-refractivity contribution in [2.45, 2.75) is 66.1 Å². The zero-order chi connectivity index (χ0) is 32.8. The lowest BCUT2D eigenvalue weighted by molar-refractivity contribution is -0.163. The summed E-state index contributed by atoms with van der Waals surface area (Å²) in [5, 5.41) is 7.75. The van der Waals surface area contributed by atoms with Gasteiger partial charge in [-0.2, -0.15) is 5.10 Å². The number of anilines is 1. The van der Waals surface area contributed by atoms with Crippen LogP contribution in [-0.2, 0) is 14.3 Å². The highest BCUT2D eigenvalue weighted by Crippen LogP contribution is 2.28. The summed E-state index contributed by atoms with van der Waals surface area (Å²) in [6.45, 7) is 14.2. The van der Waals surface area contributed by atoms with Crippen LogP contribution in [0.1, 0.15) is 65.2 Å². The molecule has 0 bridgehead atoms. The molecular formula is C36H42BrN3O5. The van der Waals surface area contributed by atoms with Crippen LogP contribution in [0.15, 0.2) is 89.5 Å². The van der Waals surface area contributed by atoms with E-state index in [0.29, 0.717) is 35.9 Å². The molecule has 1 aromatic heterocycles. The number of halogens is 1. The highest BCUT2D eigenvalue weighted by molar-refractivity contribution is 9.10. The third-order valence-electron chi connectivity index (χ3n) is 6.68. The minimum absolute atomic E-state index is 0.159. The number of para-hydroxylation sites is 1. The van der Waals surface area contributed by atoms with Gasteiger partial charge in [-0.1, -0.05) is 60.1 Å². The number of hydrogen-bond acceptors (Lipinski definition) is 6. The highest BCUT2D eigenvalue weighted by Gasteiger charge is 2.30. The summed E-state index contributed by atoms with van der Waals surface area (Å²) in [5.74, 6) is 0.112. The molecule has 0 spiro atoms. The zero-order valence-corrected chi connectivity index (χ0v) is 28.6. The van der Waals surface area contributed by atoms with Crippen LogP contribution in [0.25, 0.3) is 16.9 Å². The number of amides is 1. The van der Waals surface area contributed by atoms with Crippen molar-refractivity contribution in [3.63, 3.8) is 0 Å². The Balaban J connectivity index is 1.37. The van der Waals surface area contributed by atoms with E-state index in [-0.39, 0.29) is 23.7 Å². The molecule has 0 saturated carbocycles. The number of carbonyl (C=O) groups excluding carboxylic acids is 2. The maximum absolute atomic E-state index is 13.5. The summed E-state index contributed by atoms with van der Waals surface area (Å²) >= 11 is 3.47. The van der Waals surface area contributed by atoms with Crippen molar-refractivity contribution in [3.8, 4) is 22.7 Å². The molecule has 0 radical (unpaired) electrons. The predicted molar refractivity (Wildman–Crippen MR) is 181 cm³/mol. The molecule has 0 unspecified atom stereocenters. The Bertz CT molecular complexity index is 1590. The summed E-state index contributed by atoms with van der Waals surface area (Å²) in [5.41, 5.74) is 1.84. The molecule has 0 aliphatic heterocycles. The first kappa shape index (κ1) is 33.9. The topological polar surface area (TPSA) is 91.7 Å². The van der Waals surface area contributed by atoms with E-state index in [9.17, 15) is 9.59 Å². The van der Waals surface area contributed by atoms with Gasteiger partial charge in [0.05, 0.1) is 36.5 Å². The molecule has 0 aliphatic carbocycles. The number of rotatable bonds is 12. The molecule has 4 rings (SSSR count). The first-order valence-corrected chi connectivity index (χ1v) is 15.7. The zero-order valence-electron chi connectivity index (χ0n) is 27.0. The third kappa shape index (κ3) is 10.3. The van der Waals surface area contributed by atoms with Gasteiger partial charge in [0.1, 0.15) is 17.0 Å². The van der Waals surface area contributed by atoms with Crippen LogP contribution in [0, 0.1) is 5.41 Å². The maximum Gasteiger partial charge on any atom is 0.309 e. The Labute approximate surface area is 274 Å². The van der Waals surface area contributed by atoms with Crippen LogP contribution in [-0.4, -0.2) is 46.1 Å². The van der Waals surface area contributed by atoms with E-state index in [2.05, 4.69) is 21.2 Å². The average molecular weight is 677 g/mol. The van der Waals surface area contributed by atoms with E-state index in [1.54, 1.807) is 10.9 Å². The van der Waals surface area contributed by atoms with Crippen LogP contribution in [0.3, 0.4) is 0 Å². The molecule has 4 aromatic rings. The summed E-state index contributed by atoms with van der Waals surface area (Å²) in [4.78, 5) is 25.8. The third-order valence-corrected chi connectivity index (χ3v) is 7.21. The number of hydrogen-bond donors (Lipinski definition) is 1. The SMILES string of the molecule is CC(C)(COc1ccc(NC(=O)c2cn(-c3ccccc3)nc2-c2ccc(Br)cc2)cc1)COC(C)(C)CC(=O)OC(C)(C)C. The molecule has 9 heteroatoms. The van der Waals surface area contributed by atoms with Gasteiger partial charge in [-0.3, -0.25) is 9.59 Å². The number of nitrogens with one attached hydrogen (secondary N) is 1. The van der Waals surface area contributed by atoms with Crippen LogP contribution >= 0.6 is 15.9 Å². The van der Waals surface area contributed by atoms with E-state index in [1.165, 1.54) is 0 Å². The molecule has 238 valence electrons. The first-order valence-electron chi connectivity index (χ1n) is 14.9. The quantitative estimate of drug-likeness (QED) is 0.151. The van der Waals surface area contributed by atoms with Gasteiger partial charge in [0.25, 0.3) is 5.91 Å². The first-order chi connectivity index (χ1) is 21.1. The number of esters is 1. The molecule has 3 aromatic carbocycles. The molecule has 1 amide bonds. The van der Waals surface area contributed by atoms with Crippen molar-refractivity contribution >= 4 is 33.5 Å². The lowest BCUT2D eigenvalue weighted by atomic mass is 9.95. The van der Waals surface area contributed by atoms with E-state index in [0.717, 1.165) is 15.7 Å². The maximum atomic E-state index is 13.5. The number of carbonyl (C=O) groups is 2. The van der Waals surface area contributed by atoms with E-state index in [1.807, 2.05) is 127 Å². The van der Waals surface area contributed by atoms with Gasteiger partial charge >= 0.3 is 5.97 Å². The van der Waals surface area contributed by atoms with Crippen LogP contribution in [0.5, 0.6) is 5.75 Å². The number of aromatic nitrogens is 2. The van der Waals surface area contributed by atoms with Gasteiger partial charge in [0, 0.05) is 27.3 Å². The van der Waals surface area contributed by atoms with Crippen molar-refractivity contribution in [3.05, 3.63) is 95.1 Å². The van der Waals surface area contributed by atoms with Crippen molar-refractivity contribution in [2.75, 3.05) is 18.5 Å². The second-order valence-electron chi connectivity index (χ2n) is 13.4.